The molecule has 1 saturated carbocycles. The minimum absolute atomic E-state index is 0.157. The van der Waals surface area contributed by atoms with Crippen LogP contribution in [0, 0.1) is 11.7 Å². The number of hydrogen-bond donors (Lipinski definition) is 1. The fourth-order valence-corrected chi connectivity index (χ4v) is 2.92. The second-order valence-electron chi connectivity index (χ2n) is 6.15. The Labute approximate surface area is 125 Å². The van der Waals surface area contributed by atoms with Crippen molar-refractivity contribution < 1.29 is 9.13 Å². The minimum Gasteiger partial charge on any atom is -0.384 e. The van der Waals surface area contributed by atoms with Gasteiger partial charge in [-0.05, 0) is 37.7 Å². The van der Waals surface area contributed by atoms with Gasteiger partial charge in [0, 0.05) is 51.2 Å². The first-order valence-electron chi connectivity index (χ1n) is 7.88. The van der Waals surface area contributed by atoms with E-state index in [9.17, 15) is 4.39 Å². The molecule has 1 N–H and O–H groups in total. The van der Waals surface area contributed by atoms with E-state index in [1.165, 1.54) is 12.8 Å². The summed E-state index contributed by atoms with van der Waals surface area (Å²) in [7, 11) is 1.74. The van der Waals surface area contributed by atoms with E-state index in [1.807, 2.05) is 0 Å². The Morgan fingerprint density at radius 3 is 2.76 bits per heavy atom. The Morgan fingerprint density at radius 2 is 2.10 bits per heavy atom. The van der Waals surface area contributed by atoms with E-state index in [0.717, 1.165) is 38.1 Å². The summed E-state index contributed by atoms with van der Waals surface area (Å²) in [6.07, 6.45) is 6.24. The summed E-state index contributed by atoms with van der Waals surface area (Å²) >= 11 is 0. The third-order valence-corrected chi connectivity index (χ3v) is 4.43. The molecular weight excluding hydrogens is 269 g/mol. The Bertz CT molecular complexity index is 471. The van der Waals surface area contributed by atoms with Crippen LogP contribution < -0.4 is 10.2 Å². The quantitative estimate of drug-likeness (QED) is 0.873. The van der Waals surface area contributed by atoms with Gasteiger partial charge < -0.3 is 15.0 Å². The van der Waals surface area contributed by atoms with Gasteiger partial charge in [-0.3, -0.25) is 0 Å². The van der Waals surface area contributed by atoms with Crippen molar-refractivity contribution in [2.24, 2.45) is 5.92 Å². The van der Waals surface area contributed by atoms with E-state index in [-0.39, 0.29) is 5.82 Å². The van der Waals surface area contributed by atoms with Crippen LogP contribution in [0.3, 0.4) is 0 Å². The lowest BCUT2D eigenvalue weighted by Gasteiger charge is -2.32. The van der Waals surface area contributed by atoms with Crippen molar-refractivity contribution in [1.29, 1.82) is 0 Å². The van der Waals surface area contributed by atoms with Gasteiger partial charge >= 0.3 is 0 Å². The molecule has 1 aliphatic carbocycles. The number of nitrogens with one attached hydrogen (secondary N) is 1. The molecule has 0 amide bonds. The Kier molecular flexibility index (Phi) is 4.70. The van der Waals surface area contributed by atoms with E-state index in [2.05, 4.69) is 15.2 Å². The number of ether oxygens (including phenoxy) is 1. The maximum absolute atomic E-state index is 14.6. The van der Waals surface area contributed by atoms with Crippen molar-refractivity contribution in [2.45, 2.75) is 38.3 Å². The molecule has 2 aliphatic rings. The first kappa shape index (κ1) is 14.7. The number of aromatic nitrogens is 1. The summed E-state index contributed by atoms with van der Waals surface area (Å²) < 4.78 is 19.8. The average molecular weight is 293 g/mol. The highest BCUT2D eigenvalue weighted by Crippen LogP contribution is 2.26. The zero-order valence-corrected chi connectivity index (χ0v) is 12.6. The summed E-state index contributed by atoms with van der Waals surface area (Å²) in [5, 5.41) is 3.36. The van der Waals surface area contributed by atoms with Crippen LogP contribution in [-0.4, -0.2) is 37.8 Å². The van der Waals surface area contributed by atoms with Crippen molar-refractivity contribution in [1.82, 2.24) is 10.3 Å². The smallest absolute Gasteiger partial charge is 0.170 e. The van der Waals surface area contributed by atoms with Gasteiger partial charge in [0.05, 0.1) is 0 Å². The normalized spacial score (nSPS) is 20.0. The van der Waals surface area contributed by atoms with E-state index in [1.54, 1.807) is 19.4 Å². The summed E-state index contributed by atoms with van der Waals surface area (Å²) in [4.78, 5) is 6.34. The molecule has 0 spiro atoms. The van der Waals surface area contributed by atoms with E-state index < -0.39 is 0 Å². The van der Waals surface area contributed by atoms with Crippen molar-refractivity contribution in [3.8, 4) is 0 Å². The Balaban J connectivity index is 1.63. The van der Waals surface area contributed by atoms with Crippen molar-refractivity contribution >= 4 is 5.82 Å². The first-order chi connectivity index (χ1) is 10.3. The maximum atomic E-state index is 14.6. The largest absolute Gasteiger partial charge is 0.384 e. The third kappa shape index (κ3) is 3.71. The molecule has 3 rings (SSSR count). The fourth-order valence-electron chi connectivity index (χ4n) is 2.92. The molecule has 1 aliphatic heterocycles. The molecule has 0 bridgehead atoms. The van der Waals surface area contributed by atoms with Crippen LogP contribution in [0.15, 0.2) is 12.3 Å². The van der Waals surface area contributed by atoms with E-state index in [0.29, 0.717) is 24.3 Å². The topological polar surface area (TPSA) is 37.4 Å². The van der Waals surface area contributed by atoms with Crippen LogP contribution in [0.5, 0.6) is 0 Å². The van der Waals surface area contributed by atoms with Crippen molar-refractivity contribution in [2.75, 3.05) is 31.7 Å². The second kappa shape index (κ2) is 6.71. The molecule has 2 heterocycles. The van der Waals surface area contributed by atoms with Gasteiger partial charge in [-0.15, -0.1) is 0 Å². The second-order valence-corrected chi connectivity index (χ2v) is 6.15. The summed E-state index contributed by atoms with van der Waals surface area (Å²) in [6.45, 7) is 3.12. The molecule has 0 unspecified atom stereocenters. The van der Waals surface area contributed by atoms with E-state index >= 15 is 0 Å². The molecule has 0 radical (unpaired) electrons. The van der Waals surface area contributed by atoms with Gasteiger partial charge in [0.25, 0.3) is 0 Å². The average Bonchev–Trinajstić information content (AvgIpc) is 3.32. The summed E-state index contributed by atoms with van der Waals surface area (Å²) in [5.74, 6) is 0.950. The minimum atomic E-state index is -0.157. The fraction of sp³-hybridized carbons (Fsp3) is 0.688. The summed E-state index contributed by atoms with van der Waals surface area (Å²) in [5.41, 5.74) is 0.728. The molecule has 21 heavy (non-hydrogen) atoms. The van der Waals surface area contributed by atoms with Crippen LogP contribution in [0.4, 0.5) is 10.2 Å². The van der Waals surface area contributed by atoms with Crippen LogP contribution in [0.25, 0.3) is 0 Å². The maximum Gasteiger partial charge on any atom is 0.170 e. The number of anilines is 1. The van der Waals surface area contributed by atoms with Gasteiger partial charge in [-0.25, -0.2) is 9.37 Å². The molecule has 116 valence electrons. The lowest BCUT2D eigenvalue weighted by molar-refractivity contribution is 0.139. The molecule has 5 heteroatoms. The van der Waals surface area contributed by atoms with Crippen LogP contribution in [0.2, 0.25) is 0 Å². The number of rotatable bonds is 6. The predicted octanol–water partition coefficient (Wildman–Crippen LogP) is 2.34. The van der Waals surface area contributed by atoms with Crippen LogP contribution in [0.1, 0.15) is 31.2 Å². The highest BCUT2D eigenvalue weighted by atomic mass is 19.1. The zero-order valence-electron chi connectivity index (χ0n) is 12.6. The molecule has 2 fully saturated rings. The zero-order chi connectivity index (χ0) is 14.7. The molecule has 1 saturated heterocycles. The number of piperidine rings is 1. The van der Waals surface area contributed by atoms with Crippen LogP contribution in [-0.2, 0) is 11.3 Å². The lowest BCUT2D eigenvalue weighted by Crippen LogP contribution is -2.36. The van der Waals surface area contributed by atoms with E-state index in [4.69, 9.17) is 4.74 Å². The molecule has 0 atom stereocenters. The molecular formula is C16H24FN3O. The van der Waals surface area contributed by atoms with Gasteiger partial charge in [0.15, 0.2) is 11.6 Å². The molecule has 1 aromatic rings. The standard InChI is InChI=1S/C16H24FN3O/c1-21-11-12-5-8-20(9-6-12)16-15(17)13(4-7-18-16)10-19-14-2-3-14/h4,7,12,14,19H,2-3,5-6,8-11H2,1H3. The van der Waals surface area contributed by atoms with Gasteiger partial charge in [-0.1, -0.05) is 0 Å². The number of nitrogens with zero attached hydrogens (tertiary/aromatic N) is 2. The Morgan fingerprint density at radius 1 is 1.33 bits per heavy atom. The SMILES string of the molecule is COCC1CCN(c2nccc(CNC3CC3)c2F)CC1. The lowest BCUT2D eigenvalue weighted by atomic mass is 9.98. The highest BCUT2D eigenvalue weighted by Gasteiger charge is 2.24. The molecule has 0 aromatic carbocycles. The highest BCUT2D eigenvalue weighted by molar-refractivity contribution is 5.43. The van der Waals surface area contributed by atoms with Gasteiger partial charge in [0.1, 0.15) is 0 Å². The Hall–Kier alpha value is -1.20. The molecule has 1 aromatic heterocycles. The number of halogens is 1. The first-order valence-corrected chi connectivity index (χ1v) is 7.88. The monoisotopic (exact) mass is 293 g/mol. The number of methoxy groups -OCH3 is 1. The van der Waals surface area contributed by atoms with Crippen LogP contribution >= 0.6 is 0 Å². The summed E-state index contributed by atoms with van der Waals surface area (Å²) in [6, 6.07) is 2.37. The van der Waals surface area contributed by atoms with Gasteiger partial charge in [0.2, 0.25) is 0 Å². The predicted molar refractivity (Wildman–Crippen MR) is 80.9 cm³/mol. The molecule has 4 nitrogen and oxygen atoms in total. The van der Waals surface area contributed by atoms with Gasteiger partial charge in [-0.2, -0.15) is 0 Å². The third-order valence-electron chi connectivity index (χ3n) is 4.43. The van der Waals surface area contributed by atoms with Crippen molar-refractivity contribution in [3.63, 3.8) is 0 Å². The number of hydrogen-bond acceptors (Lipinski definition) is 4. The number of pyridine rings is 1. The van der Waals surface area contributed by atoms with Crippen molar-refractivity contribution in [3.05, 3.63) is 23.6 Å².